The molecule has 106 valence electrons. The number of rotatable bonds is 4. The minimum Gasteiger partial charge on any atom is -0.310 e. The molecule has 0 spiro atoms. The van der Waals surface area contributed by atoms with Gasteiger partial charge in [-0.1, -0.05) is 26.0 Å². The van der Waals surface area contributed by atoms with Gasteiger partial charge in [0.1, 0.15) is 11.6 Å². The summed E-state index contributed by atoms with van der Waals surface area (Å²) in [5, 5.41) is 3.32. The Morgan fingerprint density at radius 2 is 1.75 bits per heavy atom. The third kappa shape index (κ3) is 3.42. The van der Waals surface area contributed by atoms with Gasteiger partial charge in [0.25, 0.3) is 0 Å². The molecule has 2 rings (SSSR count). The first-order chi connectivity index (χ1) is 9.47. The summed E-state index contributed by atoms with van der Waals surface area (Å²) in [5.41, 5.74) is 3.05. The number of halogens is 2. The molecule has 0 saturated carbocycles. The van der Waals surface area contributed by atoms with Crippen molar-refractivity contribution < 1.29 is 8.78 Å². The SMILES string of the molecule is Cc1ccc(CNC(C)C)cc1-c1cc(F)ccc1F. The van der Waals surface area contributed by atoms with Gasteiger partial charge in [-0.2, -0.15) is 0 Å². The lowest BCUT2D eigenvalue weighted by Crippen LogP contribution is -2.21. The second-order valence-corrected chi connectivity index (χ2v) is 5.31. The van der Waals surface area contributed by atoms with Crippen LogP contribution in [0.25, 0.3) is 11.1 Å². The Morgan fingerprint density at radius 3 is 2.45 bits per heavy atom. The van der Waals surface area contributed by atoms with Gasteiger partial charge in [-0.3, -0.25) is 0 Å². The highest BCUT2D eigenvalue weighted by Gasteiger charge is 2.10. The van der Waals surface area contributed by atoms with Crippen LogP contribution in [-0.2, 0) is 6.54 Å². The van der Waals surface area contributed by atoms with Crippen LogP contribution in [0.15, 0.2) is 36.4 Å². The Hall–Kier alpha value is -1.74. The van der Waals surface area contributed by atoms with Crippen LogP contribution in [0.4, 0.5) is 8.78 Å². The topological polar surface area (TPSA) is 12.0 Å². The lowest BCUT2D eigenvalue weighted by molar-refractivity contribution is 0.588. The zero-order valence-corrected chi connectivity index (χ0v) is 12.0. The molecule has 2 aromatic carbocycles. The van der Waals surface area contributed by atoms with Crippen molar-refractivity contribution >= 4 is 0 Å². The van der Waals surface area contributed by atoms with Crippen LogP contribution >= 0.6 is 0 Å². The monoisotopic (exact) mass is 275 g/mol. The second-order valence-electron chi connectivity index (χ2n) is 5.31. The van der Waals surface area contributed by atoms with E-state index in [1.807, 2.05) is 25.1 Å². The molecule has 0 bridgehead atoms. The summed E-state index contributed by atoms with van der Waals surface area (Å²) in [6, 6.07) is 9.80. The summed E-state index contributed by atoms with van der Waals surface area (Å²) >= 11 is 0. The van der Waals surface area contributed by atoms with Gasteiger partial charge in [-0.05, 0) is 47.9 Å². The van der Waals surface area contributed by atoms with Crippen molar-refractivity contribution in [1.82, 2.24) is 5.32 Å². The molecule has 0 heterocycles. The summed E-state index contributed by atoms with van der Waals surface area (Å²) in [4.78, 5) is 0. The van der Waals surface area contributed by atoms with Gasteiger partial charge in [0.2, 0.25) is 0 Å². The van der Waals surface area contributed by atoms with Crippen molar-refractivity contribution in [3.05, 3.63) is 59.2 Å². The van der Waals surface area contributed by atoms with Crippen molar-refractivity contribution in [2.75, 3.05) is 0 Å². The normalized spacial score (nSPS) is 11.1. The third-order valence-electron chi connectivity index (χ3n) is 3.23. The summed E-state index contributed by atoms with van der Waals surface area (Å²) in [5.74, 6) is -0.824. The second kappa shape index (κ2) is 6.14. The van der Waals surface area contributed by atoms with Crippen molar-refractivity contribution in [3.63, 3.8) is 0 Å². The van der Waals surface area contributed by atoms with Crippen LogP contribution in [0, 0.1) is 18.6 Å². The summed E-state index contributed by atoms with van der Waals surface area (Å²) in [6.07, 6.45) is 0. The standard InChI is InChI=1S/C17H19F2N/c1-11(2)20-10-13-5-4-12(3)15(8-13)16-9-14(18)6-7-17(16)19/h4-9,11,20H,10H2,1-3H3. The molecule has 0 aliphatic rings. The van der Waals surface area contributed by atoms with Gasteiger partial charge in [-0.15, -0.1) is 0 Å². The lowest BCUT2D eigenvalue weighted by Gasteiger charge is -2.12. The predicted molar refractivity (Wildman–Crippen MR) is 78.5 cm³/mol. The molecule has 0 saturated heterocycles. The Labute approximate surface area is 118 Å². The summed E-state index contributed by atoms with van der Waals surface area (Å²) in [7, 11) is 0. The molecule has 3 heteroatoms. The van der Waals surface area contributed by atoms with E-state index in [2.05, 4.69) is 19.2 Å². The molecule has 0 fully saturated rings. The first kappa shape index (κ1) is 14.7. The largest absolute Gasteiger partial charge is 0.310 e. The van der Waals surface area contributed by atoms with E-state index in [0.717, 1.165) is 22.8 Å². The number of nitrogens with one attached hydrogen (secondary N) is 1. The molecule has 0 amide bonds. The molecule has 0 radical (unpaired) electrons. The fourth-order valence-corrected chi connectivity index (χ4v) is 2.10. The fourth-order valence-electron chi connectivity index (χ4n) is 2.10. The van der Waals surface area contributed by atoms with Crippen LogP contribution in [0.5, 0.6) is 0 Å². The minimum atomic E-state index is -0.425. The molecular weight excluding hydrogens is 256 g/mol. The van der Waals surface area contributed by atoms with Crippen LogP contribution in [0.2, 0.25) is 0 Å². The van der Waals surface area contributed by atoms with Crippen LogP contribution in [-0.4, -0.2) is 6.04 Å². The average molecular weight is 275 g/mol. The molecule has 1 nitrogen and oxygen atoms in total. The van der Waals surface area contributed by atoms with E-state index in [0.29, 0.717) is 18.2 Å². The Morgan fingerprint density at radius 1 is 1.00 bits per heavy atom. The number of hydrogen-bond acceptors (Lipinski definition) is 1. The van der Waals surface area contributed by atoms with Crippen molar-refractivity contribution in [3.8, 4) is 11.1 Å². The minimum absolute atomic E-state index is 0.314. The summed E-state index contributed by atoms with van der Waals surface area (Å²) in [6.45, 7) is 6.75. The summed E-state index contributed by atoms with van der Waals surface area (Å²) < 4.78 is 27.2. The highest BCUT2D eigenvalue weighted by molar-refractivity contribution is 5.68. The molecule has 2 aromatic rings. The lowest BCUT2D eigenvalue weighted by atomic mass is 9.97. The maximum Gasteiger partial charge on any atom is 0.131 e. The van der Waals surface area contributed by atoms with Crippen molar-refractivity contribution in [1.29, 1.82) is 0 Å². The molecule has 1 N–H and O–H groups in total. The zero-order valence-electron chi connectivity index (χ0n) is 12.0. The molecular formula is C17H19F2N. The maximum absolute atomic E-state index is 13.9. The number of benzene rings is 2. The number of hydrogen-bond donors (Lipinski definition) is 1. The van der Waals surface area contributed by atoms with Crippen LogP contribution < -0.4 is 5.32 Å². The van der Waals surface area contributed by atoms with E-state index in [9.17, 15) is 8.78 Å². The Balaban J connectivity index is 2.40. The molecule has 20 heavy (non-hydrogen) atoms. The van der Waals surface area contributed by atoms with E-state index in [4.69, 9.17) is 0 Å². The first-order valence-electron chi connectivity index (χ1n) is 6.75. The number of aryl methyl sites for hydroxylation is 1. The van der Waals surface area contributed by atoms with E-state index in [-0.39, 0.29) is 0 Å². The molecule has 0 unspecified atom stereocenters. The molecule has 0 aromatic heterocycles. The van der Waals surface area contributed by atoms with Crippen molar-refractivity contribution in [2.45, 2.75) is 33.4 Å². The maximum atomic E-state index is 13.9. The van der Waals surface area contributed by atoms with Gasteiger partial charge < -0.3 is 5.32 Å². The third-order valence-corrected chi connectivity index (χ3v) is 3.23. The molecule has 0 atom stereocenters. The zero-order chi connectivity index (χ0) is 14.7. The predicted octanol–water partition coefficient (Wildman–Crippen LogP) is 4.44. The van der Waals surface area contributed by atoms with Gasteiger partial charge in [0.15, 0.2) is 0 Å². The van der Waals surface area contributed by atoms with Gasteiger partial charge in [0, 0.05) is 18.2 Å². The highest BCUT2D eigenvalue weighted by atomic mass is 19.1. The highest BCUT2D eigenvalue weighted by Crippen LogP contribution is 2.28. The average Bonchev–Trinajstić information content (AvgIpc) is 2.41. The fraction of sp³-hybridized carbons (Fsp3) is 0.294. The Bertz CT molecular complexity index is 606. The molecule has 0 aliphatic carbocycles. The quantitative estimate of drug-likeness (QED) is 0.870. The van der Waals surface area contributed by atoms with Gasteiger partial charge >= 0.3 is 0 Å². The van der Waals surface area contributed by atoms with Crippen LogP contribution in [0.3, 0.4) is 0 Å². The smallest absolute Gasteiger partial charge is 0.131 e. The van der Waals surface area contributed by atoms with E-state index in [1.54, 1.807) is 0 Å². The van der Waals surface area contributed by atoms with Gasteiger partial charge in [0.05, 0.1) is 0 Å². The van der Waals surface area contributed by atoms with Gasteiger partial charge in [-0.25, -0.2) is 8.78 Å². The first-order valence-corrected chi connectivity index (χ1v) is 6.75. The Kier molecular flexibility index (Phi) is 4.50. The van der Waals surface area contributed by atoms with Crippen molar-refractivity contribution in [2.24, 2.45) is 0 Å². The molecule has 0 aliphatic heterocycles. The van der Waals surface area contributed by atoms with Crippen LogP contribution in [0.1, 0.15) is 25.0 Å². The van der Waals surface area contributed by atoms with E-state index >= 15 is 0 Å². The van der Waals surface area contributed by atoms with E-state index < -0.39 is 11.6 Å². The van der Waals surface area contributed by atoms with E-state index in [1.165, 1.54) is 12.1 Å².